The molecule has 1 heterocycles. The molecule has 1 aromatic carbocycles. The van der Waals surface area contributed by atoms with Crippen LogP contribution in [0.5, 0.6) is 5.75 Å². The molecule has 1 unspecified atom stereocenters. The van der Waals surface area contributed by atoms with Gasteiger partial charge in [0.15, 0.2) is 0 Å². The van der Waals surface area contributed by atoms with Gasteiger partial charge in [0.05, 0.1) is 12.2 Å². The van der Waals surface area contributed by atoms with Crippen LogP contribution in [0.3, 0.4) is 0 Å². The van der Waals surface area contributed by atoms with Gasteiger partial charge >= 0.3 is 6.09 Å². The summed E-state index contributed by atoms with van der Waals surface area (Å²) < 4.78 is 5.90. The fourth-order valence-corrected chi connectivity index (χ4v) is 2.00. The van der Waals surface area contributed by atoms with Crippen LogP contribution in [0.2, 0.25) is 0 Å². The van der Waals surface area contributed by atoms with Crippen LogP contribution in [0.1, 0.15) is 26.3 Å². The average molecular weight is 259 g/mol. The summed E-state index contributed by atoms with van der Waals surface area (Å²) in [4.78, 5) is 12.7. The van der Waals surface area contributed by atoms with E-state index in [1.165, 1.54) is 4.90 Å². The first-order valence-electron chi connectivity index (χ1n) is 6.10. The van der Waals surface area contributed by atoms with E-state index in [2.05, 4.69) is 5.92 Å². The number of hydrogen-bond acceptors (Lipinski definition) is 2. The van der Waals surface area contributed by atoms with Crippen molar-refractivity contribution in [2.45, 2.75) is 26.9 Å². The molecule has 0 aliphatic carbocycles. The molecule has 1 aromatic rings. The van der Waals surface area contributed by atoms with Crippen molar-refractivity contribution in [3.63, 3.8) is 0 Å². The van der Waals surface area contributed by atoms with Gasteiger partial charge in [-0.15, -0.1) is 6.42 Å². The second-order valence-electron chi connectivity index (χ2n) is 5.69. The number of rotatable bonds is 0. The number of carbonyl (C=O) groups is 1. The molecular formula is C15H17NO3. The molecule has 0 radical (unpaired) electrons. The minimum atomic E-state index is -0.993. The van der Waals surface area contributed by atoms with E-state index in [-0.39, 0.29) is 11.5 Å². The zero-order chi connectivity index (χ0) is 14.2. The standard InChI is InChI=1S/C15H17NO3/c1-5-10-6-7-12-11(8-10)16(14(17)18)9-13(19-12)15(2,3)4/h1,6-8,13H,9H2,2-4H3,(H,17,18). The molecule has 0 saturated carbocycles. The third-order valence-corrected chi connectivity index (χ3v) is 3.23. The van der Waals surface area contributed by atoms with Gasteiger partial charge in [-0.05, 0) is 18.2 Å². The van der Waals surface area contributed by atoms with Gasteiger partial charge in [0.25, 0.3) is 0 Å². The fraction of sp³-hybridized carbons (Fsp3) is 0.400. The Kier molecular flexibility index (Phi) is 3.15. The SMILES string of the molecule is C#Cc1ccc2c(c1)N(C(=O)O)CC(C(C)(C)C)O2. The predicted molar refractivity (Wildman–Crippen MR) is 73.6 cm³/mol. The van der Waals surface area contributed by atoms with Crippen LogP contribution in [0, 0.1) is 17.8 Å². The van der Waals surface area contributed by atoms with Gasteiger partial charge in [-0.25, -0.2) is 4.79 Å². The van der Waals surface area contributed by atoms with Gasteiger partial charge in [-0.3, -0.25) is 4.90 Å². The van der Waals surface area contributed by atoms with Crippen LogP contribution >= 0.6 is 0 Å². The Bertz CT molecular complexity index is 551. The Morgan fingerprint density at radius 2 is 2.21 bits per heavy atom. The summed E-state index contributed by atoms with van der Waals surface area (Å²) in [6.07, 6.45) is 4.16. The third-order valence-electron chi connectivity index (χ3n) is 3.23. The maximum Gasteiger partial charge on any atom is 0.412 e. The monoisotopic (exact) mass is 259 g/mol. The summed E-state index contributed by atoms with van der Waals surface area (Å²) in [7, 11) is 0. The number of hydrogen-bond donors (Lipinski definition) is 1. The van der Waals surface area contributed by atoms with Crippen molar-refractivity contribution in [3.8, 4) is 18.1 Å². The highest BCUT2D eigenvalue weighted by Crippen LogP contribution is 2.38. The van der Waals surface area contributed by atoms with E-state index in [1.54, 1.807) is 18.2 Å². The van der Waals surface area contributed by atoms with E-state index in [1.807, 2.05) is 20.8 Å². The Hall–Kier alpha value is -2.15. The van der Waals surface area contributed by atoms with Gasteiger partial charge in [0.1, 0.15) is 11.9 Å². The summed E-state index contributed by atoms with van der Waals surface area (Å²) >= 11 is 0. The van der Waals surface area contributed by atoms with E-state index < -0.39 is 6.09 Å². The van der Waals surface area contributed by atoms with E-state index in [4.69, 9.17) is 11.2 Å². The average Bonchev–Trinajstić information content (AvgIpc) is 2.35. The number of anilines is 1. The third kappa shape index (κ3) is 2.50. The van der Waals surface area contributed by atoms with E-state index in [0.717, 1.165) is 0 Å². The molecule has 1 N–H and O–H groups in total. The number of nitrogens with zero attached hydrogens (tertiary/aromatic N) is 1. The minimum absolute atomic E-state index is 0.143. The summed E-state index contributed by atoms with van der Waals surface area (Å²) in [6, 6.07) is 5.16. The highest BCUT2D eigenvalue weighted by Gasteiger charge is 2.36. The molecule has 1 aliphatic heterocycles. The van der Waals surface area contributed by atoms with Crippen molar-refractivity contribution >= 4 is 11.8 Å². The largest absolute Gasteiger partial charge is 0.486 e. The predicted octanol–water partition coefficient (Wildman–Crippen LogP) is 2.96. The van der Waals surface area contributed by atoms with Crippen molar-refractivity contribution in [1.82, 2.24) is 0 Å². The molecule has 19 heavy (non-hydrogen) atoms. The summed E-state index contributed by atoms with van der Waals surface area (Å²) in [5.41, 5.74) is 1.02. The maximum atomic E-state index is 11.4. The van der Waals surface area contributed by atoms with Gasteiger partial charge in [-0.2, -0.15) is 0 Å². The lowest BCUT2D eigenvalue weighted by atomic mass is 9.87. The Morgan fingerprint density at radius 3 is 2.74 bits per heavy atom. The van der Waals surface area contributed by atoms with Crippen molar-refractivity contribution in [2.75, 3.05) is 11.4 Å². The number of terminal acetylenes is 1. The number of amides is 1. The first-order chi connectivity index (χ1) is 8.82. The molecule has 0 fully saturated rings. The van der Waals surface area contributed by atoms with Crippen molar-refractivity contribution in [2.24, 2.45) is 5.41 Å². The van der Waals surface area contributed by atoms with Gasteiger partial charge < -0.3 is 9.84 Å². The van der Waals surface area contributed by atoms with E-state index in [9.17, 15) is 9.90 Å². The van der Waals surface area contributed by atoms with Crippen LogP contribution in [0.15, 0.2) is 18.2 Å². The number of fused-ring (bicyclic) bond motifs is 1. The van der Waals surface area contributed by atoms with Crippen LogP contribution in [0.4, 0.5) is 10.5 Å². The molecular weight excluding hydrogens is 242 g/mol. The highest BCUT2D eigenvalue weighted by molar-refractivity contribution is 5.89. The van der Waals surface area contributed by atoms with Gasteiger partial charge in [0, 0.05) is 11.0 Å². The Balaban J connectivity index is 2.47. The molecule has 1 atom stereocenters. The van der Waals surface area contributed by atoms with Gasteiger partial charge in [0.2, 0.25) is 0 Å². The summed E-state index contributed by atoms with van der Waals surface area (Å²) in [5, 5.41) is 9.35. The molecule has 0 saturated heterocycles. The molecule has 0 bridgehead atoms. The van der Waals surface area contributed by atoms with Crippen molar-refractivity contribution < 1.29 is 14.6 Å². The molecule has 2 rings (SSSR count). The molecule has 4 heteroatoms. The van der Waals surface area contributed by atoms with Crippen molar-refractivity contribution in [3.05, 3.63) is 23.8 Å². The first kappa shape index (κ1) is 13.3. The zero-order valence-corrected chi connectivity index (χ0v) is 11.3. The van der Waals surface area contributed by atoms with Crippen LogP contribution in [-0.4, -0.2) is 23.8 Å². The van der Waals surface area contributed by atoms with Crippen LogP contribution in [0.25, 0.3) is 0 Å². The summed E-state index contributed by atoms with van der Waals surface area (Å²) in [5.74, 6) is 3.07. The number of ether oxygens (including phenoxy) is 1. The Morgan fingerprint density at radius 1 is 1.53 bits per heavy atom. The van der Waals surface area contributed by atoms with Crippen LogP contribution < -0.4 is 9.64 Å². The molecule has 0 spiro atoms. The lowest BCUT2D eigenvalue weighted by molar-refractivity contribution is 0.0827. The normalized spacial score (nSPS) is 18.2. The zero-order valence-electron chi connectivity index (χ0n) is 11.3. The van der Waals surface area contributed by atoms with Crippen LogP contribution in [-0.2, 0) is 0 Å². The smallest absolute Gasteiger partial charge is 0.412 e. The molecule has 4 nitrogen and oxygen atoms in total. The molecule has 1 aliphatic rings. The lowest BCUT2D eigenvalue weighted by Crippen LogP contribution is -2.48. The quantitative estimate of drug-likeness (QED) is 0.729. The lowest BCUT2D eigenvalue weighted by Gasteiger charge is -2.39. The number of carboxylic acid groups (broad SMARTS) is 1. The van der Waals surface area contributed by atoms with E-state index >= 15 is 0 Å². The maximum absolute atomic E-state index is 11.4. The molecule has 0 aromatic heterocycles. The fourth-order valence-electron chi connectivity index (χ4n) is 2.00. The topological polar surface area (TPSA) is 49.8 Å². The van der Waals surface area contributed by atoms with Crippen molar-refractivity contribution in [1.29, 1.82) is 0 Å². The second-order valence-corrected chi connectivity index (χ2v) is 5.69. The minimum Gasteiger partial charge on any atom is -0.486 e. The highest BCUT2D eigenvalue weighted by atomic mass is 16.5. The molecule has 100 valence electrons. The Labute approximate surface area is 113 Å². The second kappa shape index (κ2) is 4.51. The van der Waals surface area contributed by atoms with E-state index in [0.29, 0.717) is 23.5 Å². The first-order valence-corrected chi connectivity index (χ1v) is 6.10. The molecule has 1 amide bonds. The number of benzene rings is 1. The summed E-state index contributed by atoms with van der Waals surface area (Å²) in [6.45, 7) is 6.38. The van der Waals surface area contributed by atoms with Gasteiger partial charge in [-0.1, -0.05) is 26.7 Å².